The summed E-state index contributed by atoms with van der Waals surface area (Å²) in [4.78, 5) is 12.3. The van der Waals surface area contributed by atoms with Crippen LogP contribution in [-0.2, 0) is 0 Å². The number of aliphatic hydroxyl groups is 1. The molecule has 1 heterocycles. The standard InChI is InChI=1S/C10H19N5O2/c1-4-17-10-14-8(11-5-6-16)13-9(15-10)12-7(2)3/h7,16H,4-6H2,1-3H3,(H2,11,12,13,14,15). The molecule has 1 rings (SSSR count). The Bertz CT molecular complexity index is 345. The van der Waals surface area contributed by atoms with Crippen LogP contribution in [0.1, 0.15) is 20.8 Å². The van der Waals surface area contributed by atoms with E-state index in [0.717, 1.165) is 0 Å². The van der Waals surface area contributed by atoms with Crippen molar-refractivity contribution in [3.8, 4) is 6.01 Å². The highest BCUT2D eigenvalue weighted by Gasteiger charge is 2.07. The van der Waals surface area contributed by atoms with Crippen LogP contribution in [0.3, 0.4) is 0 Å². The molecule has 0 aliphatic heterocycles. The minimum atomic E-state index is 0.0165. The molecule has 0 aliphatic rings. The van der Waals surface area contributed by atoms with Gasteiger partial charge in [0.15, 0.2) is 0 Å². The second-order valence-electron chi connectivity index (χ2n) is 3.65. The number of rotatable bonds is 7. The number of anilines is 2. The van der Waals surface area contributed by atoms with Crippen LogP contribution >= 0.6 is 0 Å². The lowest BCUT2D eigenvalue weighted by atomic mass is 10.4. The molecule has 0 aliphatic carbocycles. The Morgan fingerprint density at radius 1 is 1.24 bits per heavy atom. The Morgan fingerprint density at radius 3 is 2.53 bits per heavy atom. The fourth-order valence-corrected chi connectivity index (χ4v) is 1.12. The summed E-state index contributed by atoms with van der Waals surface area (Å²) in [6, 6.07) is 0.489. The lowest BCUT2D eigenvalue weighted by molar-refractivity contribution is 0.307. The summed E-state index contributed by atoms with van der Waals surface area (Å²) < 4.78 is 5.24. The Hall–Kier alpha value is -1.63. The average Bonchev–Trinajstić information content (AvgIpc) is 2.25. The zero-order valence-electron chi connectivity index (χ0n) is 10.4. The summed E-state index contributed by atoms with van der Waals surface area (Å²) >= 11 is 0. The number of aromatic nitrogens is 3. The molecule has 1 aromatic heterocycles. The van der Waals surface area contributed by atoms with Crippen LogP contribution in [0.25, 0.3) is 0 Å². The highest BCUT2D eigenvalue weighted by molar-refractivity contribution is 5.36. The monoisotopic (exact) mass is 241 g/mol. The van der Waals surface area contributed by atoms with Crippen molar-refractivity contribution in [3.05, 3.63) is 0 Å². The normalized spacial score (nSPS) is 10.4. The van der Waals surface area contributed by atoms with E-state index in [9.17, 15) is 0 Å². The van der Waals surface area contributed by atoms with E-state index >= 15 is 0 Å². The van der Waals surface area contributed by atoms with Gasteiger partial charge in [-0.05, 0) is 20.8 Å². The van der Waals surface area contributed by atoms with Crippen molar-refractivity contribution in [2.24, 2.45) is 0 Å². The molecule has 0 unspecified atom stereocenters. The van der Waals surface area contributed by atoms with Gasteiger partial charge in [0, 0.05) is 12.6 Å². The predicted molar refractivity (Wildman–Crippen MR) is 65.3 cm³/mol. The lowest BCUT2D eigenvalue weighted by Crippen LogP contribution is -2.16. The van der Waals surface area contributed by atoms with Crippen molar-refractivity contribution in [2.75, 3.05) is 30.4 Å². The van der Waals surface area contributed by atoms with Gasteiger partial charge >= 0.3 is 6.01 Å². The van der Waals surface area contributed by atoms with Crippen LogP contribution in [0, 0.1) is 0 Å². The van der Waals surface area contributed by atoms with Gasteiger partial charge in [0.2, 0.25) is 11.9 Å². The summed E-state index contributed by atoms with van der Waals surface area (Å²) in [7, 11) is 0. The minimum absolute atomic E-state index is 0.0165. The van der Waals surface area contributed by atoms with Crippen LogP contribution in [0.2, 0.25) is 0 Å². The summed E-state index contributed by atoms with van der Waals surface area (Å²) in [5.74, 6) is 0.847. The Labute approximate surface area is 101 Å². The summed E-state index contributed by atoms with van der Waals surface area (Å²) in [6.07, 6.45) is 0. The molecule has 0 saturated carbocycles. The maximum Gasteiger partial charge on any atom is 0.323 e. The van der Waals surface area contributed by atoms with Crippen molar-refractivity contribution < 1.29 is 9.84 Å². The molecule has 3 N–H and O–H groups in total. The molecule has 1 aromatic rings. The van der Waals surface area contributed by atoms with Gasteiger partial charge in [-0.15, -0.1) is 0 Å². The van der Waals surface area contributed by atoms with Crippen LogP contribution in [0.5, 0.6) is 6.01 Å². The molecule has 96 valence electrons. The van der Waals surface area contributed by atoms with E-state index in [4.69, 9.17) is 9.84 Å². The number of ether oxygens (including phenoxy) is 1. The minimum Gasteiger partial charge on any atom is -0.464 e. The van der Waals surface area contributed by atoms with E-state index in [0.29, 0.717) is 25.0 Å². The van der Waals surface area contributed by atoms with Gasteiger partial charge in [-0.1, -0.05) is 0 Å². The van der Waals surface area contributed by atoms with E-state index in [1.807, 2.05) is 20.8 Å². The first-order valence-corrected chi connectivity index (χ1v) is 5.65. The maximum absolute atomic E-state index is 8.73. The molecule has 7 heteroatoms. The molecule has 0 bridgehead atoms. The van der Waals surface area contributed by atoms with Gasteiger partial charge in [0.25, 0.3) is 0 Å². The molecule has 0 atom stereocenters. The molecule has 0 spiro atoms. The van der Waals surface area contributed by atoms with Gasteiger partial charge in [-0.25, -0.2) is 0 Å². The van der Waals surface area contributed by atoms with Gasteiger partial charge in [0.05, 0.1) is 13.2 Å². The molecular weight excluding hydrogens is 222 g/mol. The zero-order chi connectivity index (χ0) is 12.7. The first-order valence-electron chi connectivity index (χ1n) is 5.65. The fourth-order valence-electron chi connectivity index (χ4n) is 1.12. The smallest absolute Gasteiger partial charge is 0.323 e. The highest BCUT2D eigenvalue weighted by atomic mass is 16.5. The van der Waals surface area contributed by atoms with Gasteiger partial charge < -0.3 is 20.5 Å². The second kappa shape index (κ2) is 6.85. The predicted octanol–water partition coefficient (Wildman–Crippen LogP) is 0.495. The zero-order valence-corrected chi connectivity index (χ0v) is 10.4. The first kappa shape index (κ1) is 13.4. The van der Waals surface area contributed by atoms with Crippen LogP contribution in [0.15, 0.2) is 0 Å². The topological polar surface area (TPSA) is 92.2 Å². The molecule has 0 amide bonds. The number of nitrogens with zero attached hydrogens (tertiary/aromatic N) is 3. The fraction of sp³-hybridized carbons (Fsp3) is 0.700. The third-order valence-electron chi connectivity index (χ3n) is 1.70. The lowest BCUT2D eigenvalue weighted by Gasteiger charge is -2.11. The average molecular weight is 241 g/mol. The van der Waals surface area contributed by atoms with Crippen molar-refractivity contribution in [2.45, 2.75) is 26.8 Å². The second-order valence-corrected chi connectivity index (χ2v) is 3.65. The van der Waals surface area contributed by atoms with Crippen molar-refractivity contribution in [1.82, 2.24) is 15.0 Å². The van der Waals surface area contributed by atoms with E-state index < -0.39 is 0 Å². The maximum atomic E-state index is 8.73. The van der Waals surface area contributed by atoms with Crippen molar-refractivity contribution in [3.63, 3.8) is 0 Å². The van der Waals surface area contributed by atoms with Crippen LogP contribution < -0.4 is 15.4 Å². The highest BCUT2D eigenvalue weighted by Crippen LogP contribution is 2.11. The van der Waals surface area contributed by atoms with E-state index in [1.165, 1.54) is 0 Å². The van der Waals surface area contributed by atoms with Crippen LogP contribution in [0.4, 0.5) is 11.9 Å². The first-order chi connectivity index (χ1) is 8.15. The van der Waals surface area contributed by atoms with E-state index in [2.05, 4.69) is 25.6 Å². The molecule has 0 radical (unpaired) electrons. The molecule has 0 aromatic carbocycles. The summed E-state index contributed by atoms with van der Waals surface area (Å²) in [6.45, 7) is 6.74. The number of nitrogens with one attached hydrogen (secondary N) is 2. The molecule has 17 heavy (non-hydrogen) atoms. The Morgan fingerprint density at radius 2 is 1.94 bits per heavy atom. The third kappa shape index (κ3) is 4.81. The Balaban J connectivity index is 2.84. The van der Waals surface area contributed by atoms with Gasteiger partial charge in [-0.3, -0.25) is 0 Å². The molecule has 7 nitrogen and oxygen atoms in total. The molecular formula is C10H19N5O2. The molecule has 0 fully saturated rings. The number of hydrogen-bond donors (Lipinski definition) is 3. The van der Waals surface area contributed by atoms with Gasteiger partial charge in [-0.2, -0.15) is 15.0 Å². The summed E-state index contributed by atoms with van der Waals surface area (Å²) in [5.41, 5.74) is 0. The number of aliphatic hydroxyl groups excluding tert-OH is 1. The van der Waals surface area contributed by atoms with E-state index in [-0.39, 0.29) is 18.7 Å². The SMILES string of the molecule is CCOc1nc(NCCO)nc(NC(C)C)n1. The van der Waals surface area contributed by atoms with Crippen LogP contribution in [-0.4, -0.2) is 45.9 Å². The summed E-state index contributed by atoms with van der Waals surface area (Å²) in [5, 5.41) is 14.7. The quantitative estimate of drug-likeness (QED) is 0.640. The Kier molecular flexibility index (Phi) is 5.41. The molecule has 0 saturated heterocycles. The third-order valence-corrected chi connectivity index (χ3v) is 1.70. The van der Waals surface area contributed by atoms with Gasteiger partial charge in [0.1, 0.15) is 0 Å². The largest absolute Gasteiger partial charge is 0.464 e. The van der Waals surface area contributed by atoms with E-state index in [1.54, 1.807) is 0 Å². The number of hydrogen-bond acceptors (Lipinski definition) is 7. The van der Waals surface area contributed by atoms with Crippen molar-refractivity contribution >= 4 is 11.9 Å². The van der Waals surface area contributed by atoms with Crippen molar-refractivity contribution in [1.29, 1.82) is 0 Å².